The Labute approximate surface area is 253 Å². The quantitative estimate of drug-likeness (QED) is 0.422. The van der Waals surface area contributed by atoms with Crippen molar-refractivity contribution in [2.45, 2.75) is 63.8 Å². The Morgan fingerprint density at radius 1 is 0.976 bits per heavy atom. The Kier molecular flexibility index (Phi) is 10.3. The molecular weight excluding hydrogens is 561 g/mol. The third-order valence-corrected chi connectivity index (χ3v) is 9.14. The van der Waals surface area contributed by atoms with E-state index in [9.17, 15) is 9.59 Å². The Balaban J connectivity index is 1.23. The Bertz CT molecular complexity index is 1210. The maximum absolute atomic E-state index is 13.8. The van der Waals surface area contributed by atoms with Crippen LogP contribution in [0.2, 0.25) is 10.0 Å². The number of urea groups is 1. The van der Waals surface area contributed by atoms with Crippen molar-refractivity contribution in [1.29, 1.82) is 0 Å². The molecule has 0 unspecified atom stereocenters. The van der Waals surface area contributed by atoms with Gasteiger partial charge in [0.1, 0.15) is 12.6 Å². The number of rotatable bonds is 9. The average Bonchev–Trinajstić information content (AvgIpc) is 3.69. The number of amides is 3. The van der Waals surface area contributed by atoms with Gasteiger partial charge >= 0.3 is 6.03 Å². The van der Waals surface area contributed by atoms with Crippen LogP contribution in [0.1, 0.15) is 61.3 Å². The van der Waals surface area contributed by atoms with Gasteiger partial charge < -0.3 is 19.9 Å². The second-order valence-electron chi connectivity index (χ2n) is 11.5. The van der Waals surface area contributed by atoms with E-state index in [1.807, 2.05) is 24.0 Å². The van der Waals surface area contributed by atoms with Gasteiger partial charge in [-0.2, -0.15) is 0 Å². The molecule has 222 valence electrons. The van der Waals surface area contributed by atoms with Gasteiger partial charge in [-0.3, -0.25) is 9.69 Å². The molecule has 41 heavy (non-hydrogen) atoms. The van der Waals surface area contributed by atoms with Crippen LogP contribution in [0, 0.1) is 6.92 Å². The molecule has 10 heteroatoms. The van der Waals surface area contributed by atoms with E-state index >= 15 is 0 Å². The molecule has 0 saturated carbocycles. The fourth-order valence-electron chi connectivity index (χ4n) is 6.15. The number of aryl methyl sites for hydroxylation is 1. The van der Waals surface area contributed by atoms with Crippen LogP contribution in [0.3, 0.4) is 0 Å². The zero-order chi connectivity index (χ0) is 28.8. The summed E-state index contributed by atoms with van der Waals surface area (Å²) in [5.41, 5.74) is 2.85. The first-order valence-corrected chi connectivity index (χ1v) is 15.7. The summed E-state index contributed by atoms with van der Waals surface area (Å²) in [7, 11) is 0. The fourth-order valence-corrected chi connectivity index (χ4v) is 6.63. The van der Waals surface area contributed by atoms with Gasteiger partial charge in [0.2, 0.25) is 11.8 Å². The van der Waals surface area contributed by atoms with Crippen LogP contribution in [0.25, 0.3) is 0 Å². The van der Waals surface area contributed by atoms with Crippen molar-refractivity contribution in [2.24, 2.45) is 0 Å². The third kappa shape index (κ3) is 7.85. The monoisotopic (exact) mass is 601 g/mol. The van der Waals surface area contributed by atoms with Crippen LogP contribution >= 0.6 is 23.2 Å². The van der Waals surface area contributed by atoms with Crippen molar-refractivity contribution in [2.75, 3.05) is 52.4 Å². The zero-order valence-corrected chi connectivity index (χ0v) is 25.4. The Morgan fingerprint density at radius 3 is 2.39 bits per heavy atom. The van der Waals surface area contributed by atoms with Gasteiger partial charge in [-0.1, -0.05) is 35.3 Å². The van der Waals surface area contributed by atoms with Crippen molar-refractivity contribution in [3.05, 3.63) is 57.2 Å². The van der Waals surface area contributed by atoms with E-state index in [-0.39, 0.29) is 17.9 Å². The molecule has 3 aliphatic heterocycles. The number of piperidine rings is 1. The summed E-state index contributed by atoms with van der Waals surface area (Å²) >= 11 is 12.6. The summed E-state index contributed by atoms with van der Waals surface area (Å²) in [4.78, 5) is 37.7. The van der Waals surface area contributed by atoms with Gasteiger partial charge in [-0.25, -0.2) is 9.78 Å². The van der Waals surface area contributed by atoms with Crippen molar-refractivity contribution >= 4 is 35.1 Å². The molecule has 0 bridgehead atoms. The summed E-state index contributed by atoms with van der Waals surface area (Å²) in [5, 5.41) is 4.05. The molecule has 1 aromatic heterocycles. The summed E-state index contributed by atoms with van der Waals surface area (Å²) in [6.45, 7) is 8.48. The van der Waals surface area contributed by atoms with Crippen LogP contribution in [0.4, 0.5) is 4.79 Å². The van der Waals surface area contributed by atoms with Crippen molar-refractivity contribution in [1.82, 2.24) is 25.0 Å². The van der Waals surface area contributed by atoms with Crippen LogP contribution in [-0.4, -0.2) is 90.1 Å². The largest absolute Gasteiger partial charge is 0.476 e. The van der Waals surface area contributed by atoms with E-state index in [0.29, 0.717) is 49.3 Å². The Hall–Kier alpha value is -2.55. The van der Waals surface area contributed by atoms with E-state index in [0.717, 1.165) is 68.0 Å². The standard InChI is InChI=1S/C31H41Cl2N5O3/c1-22-6-9-26(29(34-22)41-19-18-36-12-2-3-13-36)23-10-16-37(17-11-23)30(39)28(35-31(40)38-14-4-5-15-38)20-24-7-8-25(32)21-27(24)33/h6-9,21,23,28H,2-5,10-20H2,1H3,(H,35,40)/t28-/m1/s1. The second-order valence-corrected chi connectivity index (χ2v) is 12.3. The number of nitrogens with one attached hydrogen (secondary N) is 1. The highest BCUT2D eigenvalue weighted by Gasteiger charge is 2.33. The first-order valence-electron chi connectivity index (χ1n) is 15.0. The lowest BCUT2D eigenvalue weighted by Gasteiger charge is -2.35. The molecular formula is C31H41Cl2N5O3. The molecule has 4 heterocycles. The third-order valence-electron chi connectivity index (χ3n) is 8.55. The summed E-state index contributed by atoms with van der Waals surface area (Å²) in [6.07, 6.45) is 6.44. The highest BCUT2D eigenvalue weighted by Crippen LogP contribution is 2.34. The molecule has 8 nitrogen and oxygen atoms in total. The van der Waals surface area contributed by atoms with E-state index in [4.69, 9.17) is 32.9 Å². The molecule has 2 aromatic rings. The van der Waals surface area contributed by atoms with Crippen LogP contribution in [-0.2, 0) is 11.2 Å². The van der Waals surface area contributed by atoms with E-state index < -0.39 is 6.04 Å². The highest BCUT2D eigenvalue weighted by atomic mass is 35.5. The lowest BCUT2D eigenvalue weighted by Crippen LogP contribution is -2.54. The van der Waals surface area contributed by atoms with Crippen molar-refractivity contribution in [3.63, 3.8) is 0 Å². The molecule has 1 aromatic carbocycles. The van der Waals surface area contributed by atoms with Crippen molar-refractivity contribution < 1.29 is 14.3 Å². The zero-order valence-electron chi connectivity index (χ0n) is 23.9. The summed E-state index contributed by atoms with van der Waals surface area (Å²) < 4.78 is 6.22. The molecule has 3 fully saturated rings. The normalized spacial score (nSPS) is 19.0. The smallest absolute Gasteiger partial charge is 0.318 e. The lowest BCUT2D eigenvalue weighted by atomic mass is 9.89. The number of halogens is 2. The molecule has 1 N–H and O–H groups in total. The number of carbonyl (C=O) groups is 2. The van der Waals surface area contributed by atoms with E-state index in [1.54, 1.807) is 17.0 Å². The maximum atomic E-state index is 13.8. The summed E-state index contributed by atoms with van der Waals surface area (Å²) in [5.74, 6) is 0.908. The number of ether oxygens (including phenoxy) is 1. The first-order chi connectivity index (χ1) is 19.9. The minimum Gasteiger partial charge on any atom is -0.476 e. The Morgan fingerprint density at radius 2 is 1.68 bits per heavy atom. The SMILES string of the molecule is Cc1ccc(C2CCN(C(=O)[C@@H](Cc3ccc(Cl)cc3Cl)NC(=O)N3CCCC3)CC2)c(OCCN2CCCC2)n1. The van der Waals surface area contributed by atoms with E-state index in [1.165, 1.54) is 12.8 Å². The summed E-state index contributed by atoms with van der Waals surface area (Å²) in [6, 6.07) is 8.55. The lowest BCUT2D eigenvalue weighted by molar-refractivity contribution is -0.134. The molecule has 3 saturated heterocycles. The number of hydrogen-bond acceptors (Lipinski definition) is 5. The van der Waals surface area contributed by atoms with Gasteiger partial charge in [0, 0.05) is 60.4 Å². The van der Waals surface area contributed by atoms with Crippen LogP contribution in [0.5, 0.6) is 5.88 Å². The van der Waals surface area contributed by atoms with Crippen LogP contribution in [0.15, 0.2) is 30.3 Å². The second kappa shape index (κ2) is 14.1. The number of likely N-dealkylation sites (tertiary alicyclic amines) is 3. The molecule has 0 aliphatic carbocycles. The minimum absolute atomic E-state index is 0.0777. The number of pyridine rings is 1. The number of hydrogen-bond donors (Lipinski definition) is 1. The van der Waals surface area contributed by atoms with Gasteiger partial charge in [-0.15, -0.1) is 0 Å². The molecule has 3 aliphatic rings. The molecule has 0 radical (unpaired) electrons. The first kappa shape index (κ1) is 29.9. The van der Waals surface area contributed by atoms with Crippen LogP contribution < -0.4 is 10.1 Å². The minimum atomic E-state index is -0.705. The fraction of sp³-hybridized carbons (Fsp3) is 0.581. The predicted molar refractivity (Wildman–Crippen MR) is 162 cm³/mol. The highest BCUT2D eigenvalue weighted by molar-refractivity contribution is 6.35. The average molecular weight is 603 g/mol. The number of nitrogens with zero attached hydrogens (tertiary/aromatic N) is 4. The van der Waals surface area contributed by atoms with Gasteiger partial charge in [0.25, 0.3) is 0 Å². The molecule has 1 atom stereocenters. The predicted octanol–water partition coefficient (Wildman–Crippen LogP) is 5.29. The number of carbonyl (C=O) groups excluding carboxylic acids is 2. The van der Waals surface area contributed by atoms with E-state index in [2.05, 4.69) is 16.3 Å². The topological polar surface area (TPSA) is 78.0 Å². The number of aromatic nitrogens is 1. The van der Waals surface area contributed by atoms with Gasteiger partial charge in [-0.05, 0) is 88.2 Å². The van der Waals surface area contributed by atoms with Crippen molar-refractivity contribution in [3.8, 4) is 5.88 Å². The van der Waals surface area contributed by atoms with Gasteiger partial charge in [0.15, 0.2) is 0 Å². The molecule has 3 amide bonds. The molecule has 0 spiro atoms. The number of benzene rings is 1. The maximum Gasteiger partial charge on any atom is 0.318 e. The van der Waals surface area contributed by atoms with Gasteiger partial charge in [0.05, 0.1) is 0 Å². The molecule has 5 rings (SSSR count).